The SMILES string of the molecule is CCCCC/C=C\CC1OC1C/C=C\C/C=C\CCCC(=O)OC[C@H](COP(=O)(O)OCCN)OC(=O)CCCCCCCCCCc1oc(CCC)c(C)c1C. The number of aryl methyl sites for hydroxylation is 2. The van der Waals surface area contributed by atoms with Gasteiger partial charge in [0.05, 0.1) is 25.4 Å². The molecule has 1 aliphatic heterocycles. The summed E-state index contributed by atoms with van der Waals surface area (Å²) >= 11 is 0. The van der Waals surface area contributed by atoms with Crippen molar-refractivity contribution >= 4 is 19.8 Å². The summed E-state index contributed by atoms with van der Waals surface area (Å²) < 4.78 is 44.7. The van der Waals surface area contributed by atoms with Gasteiger partial charge in [-0.1, -0.05) is 102 Å². The molecular weight excluding hydrogens is 745 g/mol. The van der Waals surface area contributed by atoms with Crippen molar-refractivity contribution in [2.45, 2.75) is 187 Å². The van der Waals surface area contributed by atoms with Crippen LogP contribution >= 0.6 is 7.82 Å². The first-order valence-corrected chi connectivity index (χ1v) is 23.4. The number of rotatable bonds is 36. The number of nitrogens with two attached hydrogens (primary N) is 1. The maximum atomic E-state index is 12.6. The molecule has 12 heteroatoms. The molecule has 0 aliphatic carbocycles. The van der Waals surface area contributed by atoms with E-state index in [1.165, 1.54) is 43.2 Å². The molecule has 1 saturated heterocycles. The fourth-order valence-corrected chi connectivity index (χ4v) is 7.24. The predicted molar refractivity (Wildman–Crippen MR) is 227 cm³/mol. The van der Waals surface area contributed by atoms with Crippen LogP contribution in [0.4, 0.5) is 0 Å². The summed E-state index contributed by atoms with van der Waals surface area (Å²) in [7, 11) is -4.41. The Morgan fingerprint density at radius 2 is 1.32 bits per heavy atom. The van der Waals surface area contributed by atoms with E-state index in [4.69, 9.17) is 33.4 Å². The lowest BCUT2D eigenvalue weighted by molar-refractivity contribution is -0.161. The lowest BCUT2D eigenvalue weighted by Crippen LogP contribution is -2.29. The van der Waals surface area contributed by atoms with Gasteiger partial charge in [0.1, 0.15) is 18.1 Å². The second-order valence-corrected chi connectivity index (χ2v) is 16.6. The zero-order chi connectivity index (χ0) is 41.6. The number of carbonyl (C=O) groups excluding carboxylic acids is 2. The fourth-order valence-electron chi connectivity index (χ4n) is 6.48. The van der Waals surface area contributed by atoms with Crippen LogP contribution in [0.5, 0.6) is 0 Å². The number of unbranched alkanes of at least 4 members (excludes halogenated alkanes) is 11. The van der Waals surface area contributed by atoms with Crippen LogP contribution in [0.15, 0.2) is 40.9 Å². The first kappa shape index (κ1) is 50.6. The Morgan fingerprint density at radius 1 is 0.719 bits per heavy atom. The van der Waals surface area contributed by atoms with Gasteiger partial charge in [0, 0.05) is 32.2 Å². The van der Waals surface area contributed by atoms with E-state index in [0.29, 0.717) is 25.0 Å². The summed E-state index contributed by atoms with van der Waals surface area (Å²) in [5.41, 5.74) is 7.96. The molecule has 0 amide bonds. The third-order valence-corrected chi connectivity index (χ3v) is 11.1. The van der Waals surface area contributed by atoms with E-state index in [1.54, 1.807) is 0 Å². The number of epoxide rings is 1. The lowest BCUT2D eigenvalue weighted by atomic mass is 10.0. The second kappa shape index (κ2) is 31.4. The minimum atomic E-state index is -4.41. The van der Waals surface area contributed by atoms with Gasteiger partial charge in [0.2, 0.25) is 0 Å². The number of hydrogen-bond donors (Lipinski definition) is 2. The number of ether oxygens (including phenoxy) is 3. The van der Waals surface area contributed by atoms with Gasteiger partial charge in [-0.25, -0.2) is 4.57 Å². The molecule has 0 saturated carbocycles. The highest BCUT2D eigenvalue weighted by atomic mass is 31.2. The predicted octanol–water partition coefficient (Wildman–Crippen LogP) is 10.8. The van der Waals surface area contributed by atoms with Gasteiger partial charge in [0.25, 0.3) is 0 Å². The van der Waals surface area contributed by atoms with Crippen molar-refractivity contribution in [2.75, 3.05) is 26.4 Å². The maximum Gasteiger partial charge on any atom is 0.472 e. The van der Waals surface area contributed by atoms with Crippen molar-refractivity contribution < 1.29 is 46.7 Å². The molecule has 1 aliphatic rings. The van der Waals surface area contributed by atoms with E-state index in [2.05, 4.69) is 58.1 Å². The average Bonchev–Trinajstić information content (AvgIpc) is 3.89. The summed E-state index contributed by atoms with van der Waals surface area (Å²) in [5.74, 6) is 1.36. The number of carbonyl (C=O) groups is 2. The number of esters is 2. The van der Waals surface area contributed by atoms with Crippen LogP contribution in [0.1, 0.15) is 165 Å². The van der Waals surface area contributed by atoms with Crippen molar-refractivity contribution in [1.82, 2.24) is 0 Å². The van der Waals surface area contributed by atoms with Crippen LogP contribution in [-0.4, -0.2) is 61.5 Å². The Labute approximate surface area is 344 Å². The number of furan rings is 1. The van der Waals surface area contributed by atoms with Crippen molar-refractivity contribution in [2.24, 2.45) is 5.73 Å². The van der Waals surface area contributed by atoms with Crippen LogP contribution in [0.25, 0.3) is 0 Å². The van der Waals surface area contributed by atoms with Crippen molar-refractivity contribution in [3.05, 3.63) is 59.1 Å². The van der Waals surface area contributed by atoms with E-state index in [-0.39, 0.29) is 32.6 Å². The topological polar surface area (TPSA) is 160 Å². The Morgan fingerprint density at radius 3 is 2.00 bits per heavy atom. The highest BCUT2D eigenvalue weighted by Gasteiger charge is 2.36. The van der Waals surface area contributed by atoms with Gasteiger partial charge in [-0.2, -0.15) is 0 Å². The molecule has 0 bridgehead atoms. The Hall–Kier alpha value is -2.53. The maximum absolute atomic E-state index is 12.6. The largest absolute Gasteiger partial charge is 0.472 e. The number of phosphoric acid groups is 1. The summed E-state index contributed by atoms with van der Waals surface area (Å²) in [6.45, 7) is 7.83. The molecule has 0 aromatic carbocycles. The summed E-state index contributed by atoms with van der Waals surface area (Å²) in [4.78, 5) is 35.0. The average molecular weight is 822 g/mol. The zero-order valence-electron chi connectivity index (χ0n) is 35.7. The number of allylic oxidation sites excluding steroid dienone is 4. The fraction of sp³-hybridized carbons (Fsp3) is 0.733. The Kier molecular flexibility index (Phi) is 27.9. The Balaban J connectivity index is 1.58. The van der Waals surface area contributed by atoms with Gasteiger partial charge in [0.15, 0.2) is 6.10 Å². The van der Waals surface area contributed by atoms with Gasteiger partial charge < -0.3 is 29.3 Å². The third-order valence-electron chi connectivity index (χ3n) is 10.1. The van der Waals surface area contributed by atoms with E-state index in [1.807, 2.05) is 6.08 Å². The minimum absolute atomic E-state index is 0.0365. The van der Waals surface area contributed by atoms with Crippen LogP contribution in [-0.2, 0) is 50.3 Å². The number of hydrogen-bond acceptors (Lipinski definition) is 10. The van der Waals surface area contributed by atoms with Gasteiger partial charge in [-0.15, -0.1) is 0 Å². The van der Waals surface area contributed by atoms with Crippen molar-refractivity contribution in [1.29, 1.82) is 0 Å². The number of phosphoric ester groups is 1. The quantitative estimate of drug-likeness (QED) is 0.0218. The standard InChI is InChI=1S/C45H76NO10P/c1-5-7-8-9-17-23-29-42-43(56-42)30-24-19-14-12-16-20-25-31-44(47)51-35-39(36-53-57(49,50)52-34-33-46)54-45(48)32-26-21-15-11-10-13-18-22-28-41-38(4)37(3)40(55-41)27-6-2/h12,16-17,19,23-24,39,42-43H,5-11,13-15,18,20-22,25-36,46H2,1-4H3,(H,49,50)/b16-12-,23-17-,24-19-/t39-,42?,43?/m1/s1. The molecule has 2 heterocycles. The summed E-state index contributed by atoms with van der Waals surface area (Å²) in [5, 5.41) is 0. The van der Waals surface area contributed by atoms with Crippen molar-refractivity contribution in [3.63, 3.8) is 0 Å². The molecule has 1 aromatic rings. The third kappa shape index (κ3) is 24.9. The molecule has 1 aromatic heterocycles. The zero-order valence-corrected chi connectivity index (χ0v) is 36.6. The smallest absolute Gasteiger partial charge is 0.466 e. The van der Waals surface area contributed by atoms with Crippen LogP contribution in [0, 0.1) is 13.8 Å². The van der Waals surface area contributed by atoms with Crippen molar-refractivity contribution in [3.8, 4) is 0 Å². The molecule has 1 fully saturated rings. The van der Waals surface area contributed by atoms with Gasteiger partial charge in [-0.3, -0.25) is 18.6 Å². The molecule has 0 spiro atoms. The molecule has 4 atom stereocenters. The van der Waals surface area contributed by atoms with Crippen LogP contribution in [0.2, 0.25) is 0 Å². The van der Waals surface area contributed by atoms with Crippen LogP contribution in [0.3, 0.4) is 0 Å². The second-order valence-electron chi connectivity index (χ2n) is 15.2. The van der Waals surface area contributed by atoms with Gasteiger partial charge >= 0.3 is 19.8 Å². The molecule has 57 heavy (non-hydrogen) atoms. The molecular formula is C45H76NO10P. The first-order chi connectivity index (χ1) is 27.6. The first-order valence-electron chi connectivity index (χ1n) is 21.9. The summed E-state index contributed by atoms with van der Waals surface area (Å²) in [6, 6.07) is 0. The molecule has 11 nitrogen and oxygen atoms in total. The highest BCUT2D eigenvalue weighted by molar-refractivity contribution is 7.47. The molecule has 2 rings (SSSR count). The summed E-state index contributed by atoms with van der Waals surface area (Å²) in [6.07, 6.45) is 33.4. The molecule has 3 N–H and O–H groups in total. The monoisotopic (exact) mass is 822 g/mol. The molecule has 326 valence electrons. The van der Waals surface area contributed by atoms with E-state index in [0.717, 1.165) is 95.0 Å². The van der Waals surface area contributed by atoms with E-state index in [9.17, 15) is 19.0 Å². The van der Waals surface area contributed by atoms with E-state index < -0.39 is 32.5 Å². The Bertz CT molecular complexity index is 1370. The molecule has 0 radical (unpaired) electrons. The molecule has 3 unspecified atom stereocenters. The minimum Gasteiger partial charge on any atom is -0.466 e. The lowest BCUT2D eigenvalue weighted by Gasteiger charge is -2.19. The highest BCUT2D eigenvalue weighted by Crippen LogP contribution is 2.43. The van der Waals surface area contributed by atoms with Crippen LogP contribution < -0.4 is 5.73 Å². The van der Waals surface area contributed by atoms with Gasteiger partial charge in [-0.05, 0) is 89.2 Å². The normalized spacial score (nSPS) is 17.2. The van der Waals surface area contributed by atoms with E-state index >= 15 is 0 Å².